The topological polar surface area (TPSA) is 76.2 Å². The summed E-state index contributed by atoms with van der Waals surface area (Å²) in [6, 6.07) is 3.64. The molecule has 0 atom stereocenters. The van der Waals surface area contributed by atoms with Crippen LogP contribution in [0.4, 0.5) is 4.79 Å². The van der Waals surface area contributed by atoms with Gasteiger partial charge in [0.05, 0.1) is 21.7 Å². The monoisotopic (exact) mass is 544 g/mol. The zero-order valence-corrected chi connectivity index (χ0v) is 20.2. The molecule has 0 aliphatic carbocycles. The molecule has 0 unspecified atom stereocenters. The second-order valence-electron chi connectivity index (χ2n) is 7.41. The smallest absolute Gasteiger partial charge is 0.294 e. The summed E-state index contributed by atoms with van der Waals surface area (Å²) in [5, 5.41) is -0.418. The van der Waals surface area contributed by atoms with Gasteiger partial charge < -0.3 is 14.4 Å². The fraction of sp³-hybridized carbons (Fsp3) is 0.476. The van der Waals surface area contributed by atoms with Crippen molar-refractivity contribution in [2.75, 3.05) is 26.7 Å². The number of amides is 3. The highest BCUT2D eigenvalue weighted by atomic mass is 127. The third kappa shape index (κ3) is 5.29. The Hall–Kier alpha value is -1.75. The van der Waals surface area contributed by atoms with Crippen LogP contribution in [0.2, 0.25) is 0 Å². The summed E-state index contributed by atoms with van der Waals surface area (Å²) in [4.78, 5) is 40.7. The lowest BCUT2D eigenvalue weighted by Crippen LogP contribution is -2.44. The van der Waals surface area contributed by atoms with Gasteiger partial charge in [-0.3, -0.25) is 19.3 Å². The number of piperidine rings is 1. The molecule has 2 saturated heterocycles. The summed E-state index contributed by atoms with van der Waals surface area (Å²) in [5.74, 6) is 0.586. The van der Waals surface area contributed by atoms with E-state index in [1.165, 1.54) is 0 Å². The molecule has 3 amide bonds. The molecule has 9 heteroatoms. The zero-order chi connectivity index (χ0) is 21.8. The van der Waals surface area contributed by atoms with Gasteiger partial charge in [-0.15, -0.1) is 0 Å². The number of thioether (sulfide) groups is 1. The van der Waals surface area contributed by atoms with Crippen LogP contribution in [0, 0.1) is 3.57 Å². The van der Waals surface area contributed by atoms with Gasteiger partial charge in [-0.2, -0.15) is 0 Å². The van der Waals surface area contributed by atoms with Gasteiger partial charge in [0.25, 0.3) is 11.1 Å². The lowest BCUT2D eigenvalue weighted by atomic mass is 10.1. The number of methoxy groups -OCH3 is 1. The molecule has 7 nitrogen and oxygen atoms in total. The zero-order valence-electron chi connectivity index (χ0n) is 17.3. The van der Waals surface area contributed by atoms with E-state index in [2.05, 4.69) is 22.6 Å². The van der Waals surface area contributed by atoms with Crippen LogP contribution in [0.15, 0.2) is 17.0 Å². The molecule has 0 spiro atoms. The van der Waals surface area contributed by atoms with Crippen molar-refractivity contribution >= 4 is 57.5 Å². The van der Waals surface area contributed by atoms with E-state index < -0.39 is 11.1 Å². The second kappa shape index (κ2) is 10.0. The Morgan fingerprint density at radius 3 is 2.57 bits per heavy atom. The maximum absolute atomic E-state index is 12.8. The molecule has 1 aromatic rings. The molecular weight excluding hydrogens is 519 g/mol. The summed E-state index contributed by atoms with van der Waals surface area (Å²) < 4.78 is 12.1. The van der Waals surface area contributed by atoms with Gasteiger partial charge in [-0.1, -0.05) is 0 Å². The first-order valence-electron chi connectivity index (χ1n) is 9.87. The molecule has 0 N–H and O–H groups in total. The third-order valence-electron chi connectivity index (χ3n) is 4.78. The van der Waals surface area contributed by atoms with Crippen molar-refractivity contribution in [3.8, 4) is 11.5 Å². The van der Waals surface area contributed by atoms with Crippen molar-refractivity contribution in [2.45, 2.75) is 39.2 Å². The quantitative estimate of drug-likeness (QED) is 0.396. The molecule has 2 aliphatic rings. The van der Waals surface area contributed by atoms with Crippen molar-refractivity contribution in [1.82, 2.24) is 9.80 Å². The van der Waals surface area contributed by atoms with Crippen LogP contribution < -0.4 is 9.47 Å². The van der Waals surface area contributed by atoms with E-state index in [1.807, 2.05) is 19.9 Å². The SMILES string of the molecule is COc1cc(/C=C2\SC(=O)N(CC(=O)N3CCCCC3)C2=O)cc(I)c1OC(C)C. The van der Waals surface area contributed by atoms with E-state index in [0.717, 1.165) is 45.1 Å². The van der Waals surface area contributed by atoms with Gasteiger partial charge in [-0.05, 0) is 91.2 Å². The molecule has 0 radical (unpaired) electrons. The molecule has 162 valence electrons. The van der Waals surface area contributed by atoms with Crippen LogP contribution in [0.5, 0.6) is 11.5 Å². The standard InChI is InChI=1S/C21H25IN2O5S/c1-13(2)29-19-15(22)9-14(10-16(19)28-3)11-17-20(26)24(21(27)30-17)12-18(25)23-7-5-4-6-8-23/h9-11,13H,4-8,12H2,1-3H3/b17-11-. The first-order chi connectivity index (χ1) is 14.3. The molecule has 3 rings (SSSR count). The molecule has 0 bridgehead atoms. The first-order valence-corrected chi connectivity index (χ1v) is 11.8. The number of halogens is 1. The van der Waals surface area contributed by atoms with Crippen LogP contribution in [-0.2, 0) is 9.59 Å². The number of carbonyl (C=O) groups excluding carboxylic acids is 3. The van der Waals surface area contributed by atoms with Gasteiger partial charge in [0.1, 0.15) is 6.54 Å². The van der Waals surface area contributed by atoms with Gasteiger partial charge in [0.15, 0.2) is 11.5 Å². The Morgan fingerprint density at radius 2 is 1.93 bits per heavy atom. The molecular formula is C21H25IN2O5S. The average Bonchev–Trinajstić information content (AvgIpc) is 2.97. The third-order valence-corrected chi connectivity index (χ3v) is 6.49. The van der Waals surface area contributed by atoms with E-state index in [-0.39, 0.29) is 18.6 Å². The highest BCUT2D eigenvalue weighted by Crippen LogP contribution is 2.37. The lowest BCUT2D eigenvalue weighted by molar-refractivity contribution is -0.136. The number of ether oxygens (including phenoxy) is 2. The Bertz CT molecular complexity index is 880. The van der Waals surface area contributed by atoms with Gasteiger partial charge >= 0.3 is 0 Å². The molecule has 1 aromatic carbocycles. The van der Waals surface area contributed by atoms with Crippen molar-refractivity contribution in [3.63, 3.8) is 0 Å². The summed E-state index contributed by atoms with van der Waals surface area (Å²) in [6.07, 6.45) is 4.68. The van der Waals surface area contributed by atoms with Crippen molar-refractivity contribution in [2.24, 2.45) is 0 Å². The number of carbonyl (C=O) groups is 3. The van der Waals surface area contributed by atoms with Crippen molar-refractivity contribution < 1.29 is 23.9 Å². The average molecular weight is 544 g/mol. The predicted molar refractivity (Wildman–Crippen MR) is 125 cm³/mol. The number of imide groups is 1. The first kappa shape index (κ1) is 22.9. The van der Waals surface area contributed by atoms with Gasteiger partial charge in [0, 0.05) is 13.1 Å². The van der Waals surface area contributed by atoms with Gasteiger partial charge in [-0.25, -0.2) is 0 Å². The largest absolute Gasteiger partial charge is 0.493 e. The van der Waals surface area contributed by atoms with Crippen LogP contribution in [0.3, 0.4) is 0 Å². The lowest BCUT2D eigenvalue weighted by Gasteiger charge is -2.27. The number of benzene rings is 1. The maximum Gasteiger partial charge on any atom is 0.294 e. The Balaban J connectivity index is 1.78. The number of rotatable bonds is 6. The van der Waals surface area contributed by atoms with E-state index in [4.69, 9.17) is 9.47 Å². The number of nitrogens with zero attached hydrogens (tertiary/aromatic N) is 2. The summed E-state index contributed by atoms with van der Waals surface area (Å²) >= 11 is 3.01. The van der Waals surface area contributed by atoms with Crippen LogP contribution in [0.25, 0.3) is 6.08 Å². The van der Waals surface area contributed by atoms with Gasteiger partial charge in [0.2, 0.25) is 5.91 Å². The molecule has 2 heterocycles. The highest BCUT2D eigenvalue weighted by Gasteiger charge is 2.37. The minimum atomic E-state index is -0.438. The number of hydrogen-bond acceptors (Lipinski definition) is 6. The Labute approximate surface area is 194 Å². The minimum Gasteiger partial charge on any atom is -0.493 e. The summed E-state index contributed by atoms with van der Waals surface area (Å²) in [5.41, 5.74) is 0.722. The van der Waals surface area contributed by atoms with Crippen molar-refractivity contribution in [3.05, 3.63) is 26.2 Å². The fourth-order valence-electron chi connectivity index (χ4n) is 3.34. The Kier molecular flexibility index (Phi) is 7.67. The van der Waals surface area contributed by atoms with Crippen LogP contribution >= 0.6 is 34.4 Å². The maximum atomic E-state index is 12.8. The molecule has 2 fully saturated rings. The van der Waals surface area contributed by atoms with E-state index in [0.29, 0.717) is 29.5 Å². The second-order valence-corrected chi connectivity index (χ2v) is 9.57. The van der Waals surface area contributed by atoms with E-state index >= 15 is 0 Å². The van der Waals surface area contributed by atoms with E-state index in [9.17, 15) is 14.4 Å². The van der Waals surface area contributed by atoms with Crippen LogP contribution in [0.1, 0.15) is 38.7 Å². The Morgan fingerprint density at radius 1 is 1.23 bits per heavy atom. The molecule has 0 aromatic heterocycles. The van der Waals surface area contributed by atoms with Crippen molar-refractivity contribution in [1.29, 1.82) is 0 Å². The summed E-state index contributed by atoms with van der Waals surface area (Å²) in [7, 11) is 1.56. The predicted octanol–water partition coefficient (Wildman–Crippen LogP) is 4.14. The normalized spacial score (nSPS) is 18.5. The highest BCUT2D eigenvalue weighted by molar-refractivity contribution is 14.1. The minimum absolute atomic E-state index is 0.00722. The molecule has 2 aliphatic heterocycles. The van der Waals surface area contributed by atoms with E-state index in [1.54, 1.807) is 24.2 Å². The number of likely N-dealkylation sites (tertiary alicyclic amines) is 1. The number of hydrogen-bond donors (Lipinski definition) is 0. The molecule has 0 saturated carbocycles. The molecule has 30 heavy (non-hydrogen) atoms. The fourth-order valence-corrected chi connectivity index (χ4v) is 4.93. The van der Waals surface area contributed by atoms with Crippen LogP contribution in [-0.4, -0.2) is 59.7 Å². The summed E-state index contributed by atoms with van der Waals surface area (Å²) in [6.45, 7) is 5.04.